The van der Waals surface area contributed by atoms with Crippen LogP contribution in [0.2, 0.25) is 0 Å². The minimum atomic E-state index is -0.597. The predicted molar refractivity (Wildman–Crippen MR) is 95.3 cm³/mol. The lowest BCUT2D eigenvalue weighted by Gasteiger charge is -2.31. The molecule has 1 aromatic carbocycles. The molecule has 26 heavy (non-hydrogen) atoms. The molecule has 0 aromatic heterocycles. The van der Waals surface area contributed by atoms with Crippen molar-refractivity contribution < 1.29 is 23.8 Å². The molecule has 0 N–H and O–H groups in total. The Morgan fingerprint density at radius 2 is 1.69 bits per heavy atom. The first-order valence-corrected chi connectivity index (χ1v) is 8.70. The number of benzene rings is 1. The van der Waals surface area contributed by atoms with Crippen molar-refractivity contribution in [3.8, 4) is 0 Å². The number of hydrogen-bond donors (Lipinski definition) is 0. The van der Waals surface area contributed by atoms with Crippen molar-refractivity contribution in [3.05, 3.63) is 41.1 Å². The van der Waals surface area contributed by atoms with Crippen molar-refractivity contribution in [1.29, 1.82) is 0 Å². The lowest BCUT2D eigenvalue weighted by molar-refractivity contribution is -0.140. The van der Waals surface area contributed by atoms with Crippen LogP contribution in [-0.4, -0.2) is 57.5 Å². The molecule has 2 aliphatic rings. The summed E-state index contributed by atoms with van der Waals surface area (Å²) in [6.07, 6.45) is 2.51. The van der Waals surface area contributed by atoms with Crippen molar-refractivity contribution in [2.24, 2.45) is 0 Å². The van der Waals surface area contributed by atoms with Gasteiger partial charge in [-0.1, -0.05) is 12.1 Å². The fourth-order valence-corrected chi connectivity index (χ4v) is 3.33. The van der Waals surface area contributed by atoms with Gasteiger partial charge in [-0.05, 0) is 43.6 Å². The first-order valence-electron chi connectivity index (χ1n) is 8.70. The Balaban J connectivity index is 1.85. The topological polar surface area (TPSA) is 68.3 Å². The van der Waals surface area contributed by atoms with Crippen LogP contribution < -0.4 is 4.90 Å². The fourth-order valence-electron chi connectivity index (χ4n) is 3.33. The van der Waals surface area contributed by atoms with E-state index in [1.807, 2.05) is 24.3 Å². The lowest BCUT2D eigenvalue weighted by Crippen LogP contribution is -2.38. The Hall–Kier alpha value is -2.38. The Bertz CT molecular complexity index is 692. The van der Waals surface area contributed by atoms with E-state index >= 15 is 0 Å². The van der Waals surface area contributed by atoms with Crippen molar-refractivity contribution in [3.63, 3.8) is 0 Å². The molecule has 1 saturated heterocycles. The number of anilines is 1. The monoisotopic (exact) mass is 360 g/mol. The molecule has 1 fully saturated rings. The highest BCUT2D eigenvalue weighted by atomic mass is 16.5. The fraction of sp³-hybridized carbons (Fsp3) is 0.474. The Morgan fingerprint density at radius 1 is 1.04 bits per heavy atom. The molecule has 2 heterocycles. The molecule has 7 nitrogen and oxygen atoms in total. The van der Waals surface area contributed by atoms with Crippen molar-refractivity contribution in [1.82, 2.24) is 4.90 Å². The van der Waals surface area contributed by atoms with Gasteiger partial charge in [0.2, 0.25) is 0 Å². The Kier molecular flexibility index (Phi) is 5.90. The molecule has 0 spiro atoms. The smallest absolute Gasteiger partial charge is 0.355 e. The largest absolute Gasteiger partial charge is 0.466 e. The molecule has 3 rings (SSSR count). The van der Waals surface area contributed by atoms with E-state index in [2.05, 4.69) is 4.90 Å². The summed E-state index contributed by atoms with van der Waals surface area (Å²) in [5.41, 5.74) is 2.30. The van der Waals surface area contributed by atoms with E-state index in [9.17, 15) is 9.59 Å². The molecule has 0 aliphatic carbocycles. The van der Waals surface area contributed by atoms with Crippen molar-refractivity contribution >= 4 is 17.6 Å². The molecule has 2 aliphatic heterocycles. The number of hydrogen-bond acceptors (Lipinski definition) is 7. The number of rotatable bonds is 5. The van der Waals surface area contributed by atoms with Gasteiger partial charge in [-0.3, -0.25) is 4.90 Å². The average molecular weight is 360 g/mol. The van der Waals surface area contributed by atoms with Gasteiger partial charge in [-0.25, -0.2) is 9.59 Å². The summed E-state index contributed by atoms with van der Waals surface area (Å²) in [6.45, 7) is 3.37. The second-order valence-corrected chi connectivity index (χ2v) is 6.37. The van der Waals surface area contributed by atoms with E-state index in [1.54, 1.807) is 4.90 Å². The number of methoxy groups -OCH3 is 2. The zero-order valence-electron chi connectivity index (χ0n) is 15.2. The quantitative estimate of drug-likeness (QED) is 0.740. The van der Waals surface area contributed by atoms with E-state index in [0.717, 1.165) is 25.3 Å². The standard InChI is InChI=1S/C19H24N2O5/c1-24-18(22)16-12-26-13-21(17(16)19(23)25-2)15-7-5-14(6-8-15)11-20-9-3-4-10-20/h5-8H,3-4,9-13H2,1-2H3. The molecule has 7 heteroatoms. The molecule has 0 radical (unpaired) electrons. The van der Waals surface area contributed by atoms with Crippen LogP contribution in [0.3, 0.4) is 0 Å². The average Bonchev–Trinajstić information content (AvgIpc) is 3.19. The molecule has 0 unspecified atom stereocenters. The maximum atomic E-state index is 12.3. The summed E-state index contributed by atoms with van der Waals surface area (Å²) in [7, 11) is 2.56. The first-order chi connectivity index (χ1) is 12.6. The van der Waals surface area contributed by atoms with Gasteiger partial charge in [0.05, 0.1) is 26.4 Å². The first kappa shape index (κ1) is 18.4. The molecule has 1 aromatic rings. The third-order valence-corrected chi connectivity index (χ3v) is 4.69. The Labute approximate surface area is 153 Å². The Morgan fingerprint density at radius 3 is 2.31 bits per heavy atom. The molecule has 140 valence electrons. The van der Waals surface area contributed by atoms with Gasteiger partial charge in [0, 0.05) is 12.2 Å². The van der Waals surface area contributed by atoms with E-state index in [0.29, 0.717) is 0 Å². The highest BCUT2D eigenvalue weighted by molar-refractivity contribution is 6.03. The van der Waals surface area contributed by atoms with Gasteiger partial charge in [0.1, 0.15) is 12.4 Å². The van der Waals surface area contributed by atoms with E-state index in [4.69, 9.17) is 14.2 Å². The number of ether oxygens (including phenoxy) is 3. The molecular weight excluding hydrogens is 336 g/mol. The third-order valence-electron chi connectivity index (χ3n) is 4.69. The van der Waals surface area contributed by atoms with Crippen LogP contribution in [0.15, 0.2) is 35.5 Å². The summed E-state index contributed by atoms with van der Waals surface area (Å²) < 4.78 is 15.1. The van der Waals surface area contributed by atoms with E-state index < -0.39 is 11.9 Å². The van der Waals surface area contributed by atoms with Gasteiger partial charge < -0.3 is 19.1 Å². The number of likely N-dealkylation sites (tertiary alicyclic amines) is 1. The summed E-state index contributed by atoms with van der Waals surface area (Å²) in [5.74, 6) is -1.18. The highest BCUT2D eigenvalue weighted by Crippen LogP contribution is 2.27. The van der Waals surface area contributed by atoms with Gasteiger partial charge in [-0.15, -0.1) is 0 Å². The number of nitrogens with zero attached hydrogens (tertiary/aromatic N) is 2. The van der Waals surface area contributed by atoms with Crippen LogP contribution in [0, 0.1) is 0 Å². The third kappa shape index (κ3) is 3.89. The number of esters is 2. The molecule has 0 bridgehead atoms. The van der Waals surface area contributed by atoms with Crippen LogP contribution in [0.4, 0.5) is 5.69 Å². The molecule has 0 atom stereocenters. The van der Waals surface area contributed by atoms with Gasteiger partial charge in [0.15, 0.2) is 0 Å². The zero-order valence-corrected chi connectivity index (χ0v) is 15.2. The summed E-state index contributed by atoms with van der Waals surface area (Å²) >= 11 is 0. The zero-order chi connectivity index (χ0) is 18.5. The van der Waals surface area contributed by atoms with E-state index in [-0.39, 0.29) is 24.6 Å². The maximum Gasteiger partial charge on any atom is 0.355 e. The van der Waals surface area contributed by atoms with Crippen LogP contribution in [0.1, 0.15) is 18.4 Å². The highest BCUT2D eigenvalue weighted by Gasteiger charge is 2.32. The second kappa shape index (κ2) is 8.33. The maximum absolute atomic E-state index is 12.3. The SMILES string of the molecule is COC(=O)C1=C(C(=O)OC)N(c2ccc(CN3CCCC3)cc2)COC1. The lowest BCUT2D eigenvalue weighted by atomic mass is 10.1. The van der Waals surface area contributed by atoms with Crippen LogP contribution >= 0.6 is 0 Å². The van der Waals surface area contributed by atoms with Crippen molar-refractivity contribution in [2.45, 2.75) is 19.4 Å². The molecule has 0 saturated carbocycles. The number of carbonyl (C=O) groups is 2. The minimum Gasteiger partial charge on any atom is -0.466 e. The predicted octanol–water partition coefficient (Wildman–Crippen LogP) is 1.68. The van der Waals surface area contributed by atoms with Crippen molar-refractivity contribution in [2.75, 3.05) is 45.5 Å². The van der Waals surface area contributed by atoms with Gasteiger partial charge >= 0.3 is 11.9 Å². The number of carbonyl (C=O) groups excluding carboxylic acids is 2. The molecule has 0 amide bonds. The minimum absolute atomic E-state index is 0.0145. The van der Waals surface area contributed by atoms with Crippen LogP contribution in [-0.2, 0) is 30.3 Å². The second-order valence-electron chi connectivity index (χ2n) is 6.37. The summed E-state index contributed by atoms with van der Waals surface area (Å²) in [5, 5.41) is 0. The molecular formula is C19H24N2O5. The normalized spacial score (nSPS) is 18.2. The van der Waals surface area contributed by atoms with Crippen LogP contribution in [0.5, 0.6) is 0 Å². The van der Waals surface area contributed by atoms with E-state index in [1.165, 1.54) is 32.6 Å². The summed E-state index contributed by atoms with van der Waals surface area (Å²) in [4.78, 5) is 28.4. The summed E-state index contributed by atoms with van der Waals surface area (Å²) in [6, 6.07) is 7.93. The van der Waals surface area contributed by atoms with Gasteiger partial charge in [0.25, 0.3) is 0 Å². The van der Waals surface area contributed by atoms with Crippen LogP contribution in [0.25, 0.3) is 0 Å². The van der Waals surface area contributed by atoms with Gasteiger partial charge in [-0.2, -0.15) is 0 Å².